The highest BCUT2D eigenvalue weighted by molar-refractivity contribution is 7.26. The van der Waals surface area contributed by atoms with Gasteiger partial charge < -0.3 is 0 Å². The molecule has 0 bridgehead atoms. The fourth-order valence-electron chi connectivity index (χ4n) is 1.49. The minimum absolute atomic E-state index is 1.28. The van der Waals surface area contributed by atoms with Gasteiger partial charge in [0.25, 0.3) is 0 Å². The monoisotopic (exact) mass is 210 g/mol. The molecule has 2 aromatic rings. The van der Waals surface area contributed by atoms with Crippen molar-refractivity contribution in [3.05, 3.63) is 22.4 Å². The highest BCUT2D eigenvalue weighted by Gasteiger charge is 2.01. The number of hydrogen-bond acceptors (Lipinski definition) is 2. The molecule has 2 aromatic heterocycles. The van der Waals surface area contributed by atoms with Crippen molar-refractivity contribution in [1.82, 2.24) is 0 Å². The van der Waals surface area contributed by atoms with Gasteiger partial charge in [0.2, 0.25) is 0 Å². The van der Waals surface area contributed by atoms with Crippen LogP contribution in [0.2, 0.25) is 0 Å². The number of aryl methyl sites for hydroxylation is 1. The lowest BCUT2D eigenvalue weighted by Crippen LogP contribution is -1.78. The molecule has 0 aliphatic carbocycles. The second-order valence-electron chi connectivity index (χ2n) is 3.32. The predicted octanol–water partition coefficient (Wildman–Crippen LogP) is 4.70. The van der Waals surface area contributed by atoms with E-state index in [-0.39, 0.29) is 0 Å². The van der Waals surface area contributed by atoms with Crippen LogP contribution in [0.5, 0.6) is 0 Å². The molecule has 13 heavy (non-hydrogen) atoms. The average molecular weight is 210 g/mol. The summed E-state index contributed by atoms with van der Waals surface area (Å²) in [5, 5.41) is 2.18. The van der Waals surface area contributed by atoms with Gasteiger partial charge in [-0.15, -0.1) is 22.7 Å². The van der Waals surface area contributed by atoms with E-state index in [1.807, 2.05) is 22.7 Å². The molecule has 0 saturated carbocycles. The molecule has 0 spiro atoms. The van der Waals surface area contributed by atoms with Gasteiger partial charge in [0.05, 0.1) is 0 Å². The fraction of sp³-hybridized carbons (Fsp3) is 0.455. The van der Waals surface area contributed by atoms with Crippen molar-refractivity contribution in [3.8, 4) is 0 Å². The van der Waals surface area contributed by atoms with Crippen molar-refractivity contribution in [2.24, 2.45) is 0 Å². The maximum absolute atomic E-state index is 2.36. The lowest BCUT2D eigenvalue weighted by Gasteiger charge is -1.93. The first kappa shape index (κ1) is 9.22. The Morgan fingerprint density at radius 2 is 2.15 bits per heavy atom. The zero-order valence-electron chi connectivity index (χ0n) is 7.88. The van der Waals surface area contributed by atoms with Crippen molar-refractivity contribution in [2.45, 2.75) is 32.6 Å². The third-order valence-electron chi connectivity index (χ3n) is 2.22. The molecule has 70 valence electrons. The Hall–Kier alpha value is -0.340. The van der Waals surface area contributed by atoms with E-state index in [9.17, 15) is 0 Å². The van der Waals surface area contributed by atoms with Gasteiger partial charge in [-0.1, -0.05) is 19.8 Å². The Balaban J connectivity index is 2.03. The maximum atomic E-state index is 2.36. The first-order chi connectivity index (χ1) is 6.40. The second kappa shape index (κ2) is 4.25. The number of unbranched alkanes of at least 4 members (excludes halogenated alkanes) is 2. The van der Waals surface area contributed by atoms with E-state index in [1.165, 1.54) is 35.1 Å². The highest BCUT2D eigenvalue weighted by Crippen LogP contribution is 2.30. The summed E-state index contributed by atoms with van der Waals surface area (Å²) < 4.78 is 2.94. The Kier molecular flexibility index (Phi) is 3.01. The minimum Gasteiger partial charge on any atom is -0.143 e. The van der Waals surface area contributed by atoms with Gasteiger partial charge in [-0.05, 0) is 30.4 Å². The van der Waals surface area contributed by atoms with Crippen LogP contribution in [0.4, 0.5) is 0 Å². The third-order valence-corrected chi connectivity index (χ3v) is 4.37. The lowest BCUT2D eigenvalue weighted by molar-refractivity contribution is 0.723. The van der Waals surface area contributed by atoms with Gasteiger partial charge in [-0.25, -0.2) is 0 Å². The van der Waals surface area contributed by atoms with E-state index < -0.39 is 0 Å². The van der Waals surface area contributed by atoms with E-state index in [0.29, 0.717) is 0 Å². The number of thiophene rings is 2. The average Bonchev–Trinajstić information content (AvgIpc) is 2.64. The van der Waals surface area contributed by atoms with Gasteiger partial charge in [0.1, 0.15) is 0 Å². The Morgan fingerprint density at radius 3 is 2.92 bits per heavy atom. The molecule has 0 atom stereocenters. The zero-order chi connectivity index (χ0) is 9.10. The molecule has 0 radical (unpaired) electrons. The van der Waals surface area contributed by atoms with Crippen LogP contribution in [0, 0.1) is 0 Å². The quantitative estimate of drug-likeness (QED) is 0.642. The van der Waals surface area contributed by atoms with Gasteiger partial charge in [0.15, 0.2) is 0 Å². The molecule has 0 aliphatic heterocycles. The Morgan fingerprint density at radius 1 is 1.23 bits per heavy atom. The van der Waals surface area contributed by atoms with Gasteiger partial charge in [-0.3, -0.25) is 0 Å². The molecular formula is C11H14S2. The van der Waals surface area contributed by atoms with Crippen molar-refractivity contribution in [2.75, 3.05) is 0 Å². The van der Waals surface area contributed by atoms with Crippen LogP contribution in [0.1, 0.15) is 31.1 Å². The van der Waals surface area contributed by atoms with E-state index in [1.54, 1.807) is 4.88 Å². The van der Waals surface area contributed by atoms with Crippen LogP contribution in [0.3, 0.4) is 0 Å². The number of hydrogen-bond donors (Lipinski definition) is 0. The van der Waals surface area contributed by atoms with Crippen LogP contribution < -0.4 is 0 Å². The molecule has 0 aliphatic rings. The second-order valence-corrected chi connectivity index (χ2v) is 5.43. The van der Waals surface area contributed by atoms with E-state index in [4.69, 9.17) is 0 Å². The molecule has 2 heteroatoms. The van der Waals surface area contributed by atoms with Gasteiger partial charge >= 0.3 is 0 Å². The van der Waals surface area contributed by atoms with Crippen LogP contribution in [-0.2, 0) is 6.42 Å². The highest BCUT2D eigenvalue weighted by atomic mass is 32.1. The van der Waals surface area contributed by atoms with Crippen molar-refractivity contribution < 1.29 is 0 Å². The summed E-state index contributed by atoms with van der Waals surface area (Å²) >= 11 is 3.82. The first-order valence-corrected chi connectivity index (χ1v) is 6.55. The van der Waals surface area contributed by atoms with Crippen molar-refractivity contribution in [1.29, 1.82) is 0 Å². The SMILES string of the molecule is CCCCCc1cc2sccc2s1. The van der Waals surface area contributed by atoms with E-state index in [2.05, 4.69) is 24.4 Å². The summed E-state index contributed by atoms with van der Waals surface area (Å²) in [6.07, 6.45) is 5.31. The number of rotatable bonds is 4. The molecule has 0 amide bonds. The Bertz CT molecular complexity index is 341. The molecular weight excluding hydrogens is 196 g/mol. The fourth-order valence-corrected chi connectivity index (χ4v) is 3.66. The molecule has 0 unspecified atom stereocenters. The van der Waals surface area contributed by atoms with Crippen molar-refractivity contribution >= 4 is 32.1 Å². The largest absolute Gasteiger partial charge is 0.143 e. The standard InChI is InChI=1S/C11H14S2/c1-2-3-4-5-9-8-11-10(13-9)6-7-12-11/h6-8H,2-5H2,1H3. The maximum Gasteiger partial charge on any atom is 0.0453 e. The molecule has 0 fully saturated rings. The molecule has 0 nitrogen and oxygen atoms in total. The third kappa shape index (κ3) is 2.12. The Labute approximate surface area is 87.2 Å². The normalized spacial score (nSPS) is 11.2. The van der Waals surface area contributed by atoms with Crippen LogP contribution in [0.15, 0.2) is 17.5 Å². The van der Waals surface area contributed by atoms with Crippen LogP contribution >= 0.6 is 22.7 Å². The molecule has 2 heterocycles. The smallest absolute Gasteiger partial charge is 0.0453 e. The predicted molar refractivity (Wildman–Crippen MR) is 62.9 cm³/mol. The van der Waals surface area contributed by atoms with E-state index >= 15 is 0 Å². The lowest BCUT2D eigenvalue weighted by atomic mass is 10.2. The molecule has 2 rings (SSSR count). The van der Waals surface area contributed by atoms with Crippen LogP contribution in [0.25, 0.3) is 9.40 Å². The molecule has 0 saturated heterocycles. The van der Waals surface area contributed by atoms with E-state index in [0.717, 1.165) is 0 Å². The molecule has 0 N–H and O–H groups in total. The summed E-state index contributed by atoms with van der Waals surface area (Å²) in [6.45, 7) is 2.26. The summed E-state index contributed by atoms with van der Waals surface area (Å²) in [6, 6.07) is 4.59. The molecule has 0 aromatic carbocycles. The zero-order valence-corrected chi connectivity index (χ0v) is 9.51. The summed E-state index contributed by atoms with van der Waals surface area (Å²) in [5.74, 6) is 0. The summed E-state index contributed by atoms with van der Waals surface area (Å²) in [5.41, 5.74) is 0. The van der Waals surface area contributed by atoms with Gasteiger partial charge in [0, 0.05) is 14.3 Å². The topological polar surface area (TPSA) is 0 Å². The van der Waals surface area contributed by atoms with Crippen molar-refractivity contribution in [3.63, 3.8) is 0 Å². The number of fused-ring (bicyclic) bond motifs is 1. The summed E-state index contributed by atoms with van der Waals surface area (Å²) in [4.78, 5) is 1.57. The minimum atomic E-state index is 1.28. The van der Waals surface area contributed by atoms with Gasteiger partial charge in [-0.2, -0.15) is 0 Å². The summed E-state index contributed by atoms with van der Waals surface area (Å²) in [7, 11) is 0. The first-order valence-electron chi connectivity index (χ1n) is 4.86. The van der Waals surface area contributed by atoms with Crippen LogP contribution in [-0.4, -0.2) is 0 Å².